The van der Waals surface area contributed by atoms with Crippen molar-refractivity contribution in [2.75, 3.05) is 33.9 Å². The van der Waals surface area contributed by atoms with E-state index in [0.29, 0.717) is 13.2 Å². The van der Waals surface area contributed by atoms with Gasteiger partial charge in [0.15, 0.2) is 0 Å². The van der Waals surface area contributed by atoms with E-state index in [4.69, 9.17) is 4.74 Å². The van der Waals surface area contributed by atoms with Gasteiger partial charge in [-0.1, -0.05) is 18.2 Å². The molecule has 2 rings (SSSR count). The molecule has 1 heterocycles. The number of aryl methyl sites for hydroxylation is 1. The molecule has 1 amide bonds. The molecule has 0 spiro atoms. The van der Waals surface area contributed by atoms with Crippen molar-refractivity contribution in [1.29, 1.82) is 0 Å². The van der Waals surface area contributed by atoms with Crippen LogP contribution in [0.1, 0.15) is 29.8 Å². The summed E-state index contributed by atoms with van der Waals surface area (Å²) >= 11 is 0. The molecule has 2 aromatic rings. The second-order valence-corrected chi connectivity index (χ2v) is 6.40. The number of para-hydroxylation sites is 1. The highest BCUT2D eigenvalue weighted by atomic mass is 16.5. The number of likely N-dealkylation sites (N-methyl/N-ethyl adjacent to an activating group) is 1. The van der Waals surface area contributed by atoms with Crippen molar-refractivity contribution in [1.82, 2.24) is 20.0 Å². The largest absolute Gasteiger partial charge is 0.383 e. The SMILES string of the molecule is COCCN(C)CC(=O)N[C@@H](C)c1cnn(-c2ccccc2C)c1C. The van der Waals surface area contributed by atoms with E-state index in [-0.39, 0.29) is 11.9 Å². The van der Waals surface area contributed by atoms with Gasteiger partial charge in [0.25, 0.3) is 0 Å². The Labute approximate surface area is 149 Å². The van der Waals surface area contributed by atoms with Gasteiger partial charge < -0.3 is 10.1 Å². The first kappa shape index (κ1) is 19.1. The molecular weight excluding hydrogens is 316 g/mol. The van der Waals surface area contributed by atoms with Crippen LogP contribution in [0.4, 0.5) is 0 Å². The molecule has 136 valence electrons. The molecular formula is C19H28N4O2. The Hall–Kier alpha value is -2.18. The number of nitrogens with one attached hydrogen (secondary N) is 1. The zero-order chi connectivity index (χ0) is 18.4. The predicted molar refractivity (Wildman–Crippen MR) is 99.0 cm³/mol. The van der Waals surface area contributed by atoms with E-state index in [0.717, 1.165) is 29.1 Å². The molecule has 1 N–H and O–H groups in total. The number of aromatic nitrogens is 2. The van der Waals surface area contributed by atoms with Gasteiger partial charge in [0.05, 0.1) is 31.1 Å². The molecule has 0 unspecified atom stereocenters. The number of nitrogens with zero attached hydrogens (tertiary/aromatic N) is 3. The quantitative estimate of drug-likeness (QED) is 0.798. The maximum atomic E-state index is 12.2. The highest BCUT2D eigenvalue weighted by Gasteiger charge is 2.17. The van der Waals surface area contributed by atoms with E-state index >= 15 is 0 Å². The molecule has 0 radical (unpaired) electrons. The molecule has 0 bridgehead atoms. The zero-order valence-corrected chi connectivity index (χ0v) is 15.7. The molecule has 0 aliphatic heterocycles. The van der Waals surface area contributed by atoms with Gasteiger partial charge in [-0.15, -0.1) is 0 Å². The first-order chi connectivity index (χ1) is 11.9. The van der Waals surface area contributed by atoms with Gasteiger partial charge >= 0.3 is 0 Å². The van der Waals surface area contributed by atoms with Crippen LogP contribution in [-0.2, 0) is 9.53 Å². The van der Waals surface area contributed by atoms with Crippen LogP contribution in [0.5, 0.6) is 0 Å². The predicted octanol–water partition coefficient (Wildman–Crippen LogP) is 2.24. The highest BCUT2D eigenvalue weighted by molar-refractivity contribution is 5.78. The number of benzene rings is 1. The van der Waals surface area contributed by atoms with E-state index in [9.17, 15) is 4.79 Å². The van der Waals surface area contributed by atoms with Crippen LogP contribution >= 0.6 is 0 Å². The number of hydrogen-bond acceptors (Lipinski definition) is 4. The summed E-state index contributed by atoms with van der Waals surface area (Å²) in [4.78, 5) is 14.2. The minimum atomic E-state index is -0.0962. The summed E-state index contributed by atoms with van der Waals surface area (Å²) < 4.78 is 6.96. The maximum absolute atomic E-state index is 12.2. The van der Waals surface area contributed by atoms with E-state index in [2.05, 4.69) is 23.4 Å². The fourth-order valence-electron chi connectivity index (χ4n) is 2.83. The normalized spacial score (nSPS) is 12.4. The summed E-state index contributed by atoms with van der Waals surface area (Å²) in [6.07, 6.45) is 1.83. The van der Waals surface area contributed by atoms with Crippen molar-refractivity contribution in [2.45, 2.75) is 26.8 Å². The van der Waals surface area contributed by atoms with Crippen LogP contribution in [-0.4, -0.2) is 54.4 Å². The van der Waals surface area contributed by atoms with E-state index in [1.807, 2.05) is 54.9 Å². The molecule has 0 saturated heterocycles. The lowest BCUT2D eigenvalue weighted by atomic mass is 10.1. The Bertz CT molecular complexity index is 711. The molecule has 1 aromatic carbocycles. The van der Waals surface area contributed by atoms with Crippen LogP contribution in [0, 0.1) is 13.8 Å². The number of amides is 1. The number of hydrogen-bond donors (Lipinski definition) is 1. The number of carbonyl (C=O) groups is 1. The molecule has 0 aliphatic rings. The summed E-state index contributed by atoms with van der Waals surface area (Å²) in [5.74, 6) is -0.00542. The monoisotopic (exact) mass is 344 g/mol. The molecule has 0 aliphatic carbocycles. The van der Waals surface area contributed by atoms with E-state index in [1.165, 1.54) is 0 Å². The van der Waals surface area contributed by atoms with E-state index in [1.54, 1.807) is 7.11 Å². The Morgan fingerprint density at radius 1 is 1.36 bits per heavy atom. The molecule has 0 saturated carbocycles. The van der Waals surface area contributed by atoms with E-state index < -0.39 is 0 Å². The number of rotatable bonds is 8. The van der Waals surface area contributed by atoms with Crippen LogP contribution < -0.4 is 5.32 Å². The third-order valence-corrected chi connectivity index (χ3v) is 4.33. The number of methoxy groups -OCH3 is 1. The molecule has 1 aromatic heterocycles. The molecule has 0 fully saturated rings. The van der Waals surface area contributed by atoms with Crippen LogP contribution in [0.25, 0.3) is 5.69 Å². The summed E-state index contributed by atoms with van der Waals surface area (Å²) in [6.45, 7) is 7.77. The molecule has 6 nitrogen and oxygen atoms in total. The van der Waals surface area contributed by atoms with Crippen molar-refractivity contribution in [3.63, 3.8) is 0 Å². The fourth-order valence-corrected chi connectivity index (χ4v) is 2.83. The van der Waals surface area contributed by atoms with Gasteiger partial charge in [0, 0.05) is 24.9 Å². The standard InChI is InChI=1S/C19H28N4O2/c1-14-8-6-7-9-18(14)23-16(3)17(12-20-23)15(2)21-19(24)13-22(4)10-11-25-5/h6-9,12,15H,10-11,13H2,1-5H3,(H,21,24)/t15-/m0/s1. The van der Waals surface area contributed by atoms with Crippen LogP contribution in [0.3, 0.4) is 0 Å². The van der Waals surface area contributed by atoms with Gasteiger partial charge in [-0.3, -0.25) is 9.69 Å². The summed E-state index contributed by atoms with van der Waals surface area (Å²) in [6, 6.07) is 8.04. The smallest absolute Gasteiger partial charge is 0.234 e. The topological polar surface area (TPSA) is 59.4 Å². The lowest BCUT2D eigenvalue weighted by Crippen LogP contribution is -2.37. The fraction of sp³-hybridized carbons (Fsp3) is 0.474. The molecule has 6 heteroatoms. The van der Waals surface area contributed by atoms with Gasteiger partial charge in [-0.2, -0.15) is 5.10 Å². The van der Waals surface area contributed by atoms with Crippen LogP contribution in [0.15, 0.2) is 30.5 Å². The minimum Gasteiger partial charge on any atom is -0.383 e. The number of carbonyl (C=O) groups excluding carboxylic acids is 1. The summed E-state index contributed by atoms with van der Waals surface area (Å²) in [5, 5.41) is 7.56. The number of ether oxygens (including phenoxy) is 1. The second-order valence-electron chi connectivity index (χ2n) is 6.40. The molecule has 1 atom stereocenters. The third-order valence-electron chi connectivity index (χ3n) is 4.33. The average Bonchev–Trinajstić information content (AvgIpc) is 2.94. The third kappa shape index (κ3) is 4.90. The van der Waals surface area contributed by atoms with Gasteiger partial charge in [-0.05, 0) is 39.4 Å². The minimum absolute atomic E-state index is 0.00542. The van der Waals surface area contributed by atoms with Gasteiger partial charge in [0.2, 0.25) is 5.91 Å². The van der Waals surface area contributed by atoms with Crippen molar-refractivity contribution in [3.8, 4) is 5.69 Å². The lowest BCUT2D eigenvalue weighted by molar-refractivity contribution is -0.122. The summed E-state index contributed by atoms with van der Waals surface area (Å²) in [7, 11) is 3.57. The first-order valence-corrected chi connectivity index (χ1v) is 8.51. The Morgan fingerprint density at radius 3 is 2.76 bits per heavy atom. The zero-order valence-electron chi connectivity index (χ0n) is 15.7. The lowest BCUT2D eigenvalue weighted by Gasteiger charge is -2.19. The summed E-state index contributed by atoms with van der Waals surface area (Å²) in [5.41, 5.74) is 4.28. The van der Waals surface area contributed by atoms with Crippen molar-refractivity contribution in [3.05, 3.63) is 47.3 Å². The molecule has 25 heavy (non-hydrogen) atoms. The van der Waals surface area contributed by atoms with Crippen molar-refractivity contribution in [2.24, 2.45) is 0 Å². The Morgan fingerprint density at radius 2 is 2.08 bits per heavy atom. The maximum Gasteiger partial charge on any atom is 0.234 e. The van der Waals surface area contributed by atoms with Crippen molar-refractivity contribution < 1.29 is 9.53 Å². The first-order valence-electron chi connectivity index (χ1n) is 8.51. The van der Waals surface area contributed by atoms with Crippen molar-refractivity contribution >= 4 is 5.91 Å². The van der Waals surface area contributed by atoms with Crippen LogP contribution in [0.2, 0.25) is 0 Å². The Balaban J connectivity index is 2.04. The second kappa shape index (κ2) is 8.78. The average molecular weight is 344 g/mol. The Kier molecular flexibility index (Phi) is 6.73. The van der Waals surface area contributed by atoms with Gasteiger partial charge in [0.1, 0.15) is 0 Å². The van der Waals surface area contributed by atoms with Gasteiger partial charge in [-0.25, -0.2) is 4.68 Å². The highest BCUT2D eigenvalue weighted by Crippen LogP contribution is 2.21.